The van der Waals surface area contributed by atoms with Crippen molar-refractivity contribution < 1.29 is 24.2 Å². The van der Waals surface area contributed by atoms with Crippen molar-refractivity contribution in [3.63, 3.8) is 0 Å². The summed E-state index contributed by atoms with van der Waals surface area (Å²) >= 11 is 0. The topological polar surface area (TPSA) is 136 Å². The van der Waals surface area contributed by atoms with Gasteiger partial charge >= 0.3 is 5.97 Å². The lowest BCUT2D eigenvalue weighted by molar-refractivity contribution is -0.385. The summed E-state index contributed by atoms with van der Waals surface area (Å²) in [5.41, 5.74) is 0.857. The fraction of sp³-hybridized carbons (Fsp3) is 0.300. The molecule has 31 heavy (non-hydrogen) atoms. The number of ether oxygens (including phenoxy) is 1. The van der Waals surface area contributed by atoms with Crippen LogP contribution in [0.15, 0.2) is 42.5 Å². The Kier molecular flexibility index (Phi) is 6.43. The van der Waals surface area contributed by atoms with Gasteiger partial charge in [0.1, 0.15) is 0 Å². The molecular weight excluding hydrogens is 408 g/mol. The third-order valence-corrected chi connectivity index (χ3v) is 4.86. The number of hydrogen-bond acceptors (Lipinski definition) is 8. The van der Waals surface area contributed by atoms with Gasteiger partial charge in [-0.25, -0.2) is 0 Å². The van der Waals surface area contributed by atoms with Crippen LogP contribution in [0.2, 0.25) is 0 Å². The molecule has 0 bridgehead atoms. The monoisotopic (exact) mass is 428 g/mol. The minimum absolute atomic E-state index is 0.00136. The molecule has 162 valence electrons. The molecule has 0 radical (unpaired) electrons. The fourth-order valence-electron chi connectivity index (χ4n) is 3.35. The summed E-state index contributed by atoms with van der Waals surface area (Å²) in [6.45, 7) is 2.60. The summed E-state index contributed by atoms with van der Waals surface area (Å²) in [4.78, 5) is 49.2. The van der Waals surface area contributed by atoms with Gasteiger partial charge in [0.15, 0.2) is 0 Å². The molecule has 0 fully saturated rings. The van der Waals surface area contributed by atoms with Crippen LogP contribution in [-0.2, 0) is 9.53 Å². The van der Waals surface area contributed by atoms with Gasteiger partial charge in [0.05, 0.1) is 34.1 Å². The molecule has 1 aliphatic heterocycles. The van der Waals surface area contributed by atoms with Crippen LogP contribution in [0.5, 0.6) is 0 Å². The summed E-state index contributed by atoms with van der Waals surface area (Å²) in [5, 5.41) is 22.2. The van der Waals surface area contributed by atoms with E-state index in [-0.39, 0.29) is 43.1 Å². The second kappa shape index (κ2) is 9.20. The van der Waals surface area contributed by atoms with Crippen LogP contribution < -0.4 is 4.90 Å². The summed E-state index contributed by atoms with van der Waals surface area (Å²) in [6, 6.07) is 9.82. The van der Waals surface area contributed by atoms with E-state index in [2.05, 4.69) is 0 Å². The molecule has 3 rings (SSSR count). The lowest BCUT2D eigenvalue weighted by Crippen LogP contribution is -2.35. The molecule has 0 aromatic heterocycles. The smallest absolute Gasteiger partial charge is 0.307 e. The molecule has 0 saturated carbocycles. The number of rotatable bonds is 7. The number of fused-ring (bicyclic) bond motifs is 1. The first-order chi connectivity index (χ1) is 14.8. The lowest BCUT2D eigenvalue weighted by Gasteiger charge is -2.24. The second-order valence-corrected chi connectivity index (χ2v) is 6.73. The lowest BCUT2D eigenvalue weighted by atomic mass is 10.1. The van der Waals surface area contributed by atoms with Crippen LogP contribution in [0, 0.1) is 20.2 Å². The van der Waals surface area contributed by atoms with Crippen molar-refractivity contribution >= 4 is 34.6 Å². The van der Waals surface area contributed by atoms with Crippen molar-refractivity contribution in [2.24, 2.45) is 0 Å². The van der Waals surface area contributed by atoms with E-state index in [0.29, 0.717) is 17.9 Å². The Morgan fingerprint density at radius 1 is 1.03 bits per heavy atom. The fourth-order valence-corrected chi connectivity index (χ4v) is 3.35. The molecule has 11 heteroatoms. The van der Waals surface area contributed by atoms with Crippen molar-refractivity contribution in [3.05, 3.63) is 68.3 Å². The maximum Gasteiger partial charge on any atom is 0.307 e. The van der Waals surface area contributed by atoms with Crippen molar-refractivity contribution in [1.82, 2.24) is 4.90 Å². The maximum atomic E-state index is 13.1. The van der Waals surface area contributed by atoms with E-state index in [1.54, 1.807) is 24.0 Å². The standard InChI is InChI=1S/C20H20N4O7/c1-2-31-19(25)9-10-21-11-12-22(14-3-5-15(6-4-14)23(27)28)18-8-7-16(24(29)30)13-17(18)20(21)26/h3-8,13H,2,9-12H2,1H3. The number of nitrogens with zero attached hydrogens (tertiary/aromatic N) is 4. The summed E-state index contributed by atoms with van der Waals surface area (Å²) in [7, 11) is 0. The first-order valence-corrected chi connectivity index (χ1v) is 9.57. The van der Waals surface area contributed by atoms with E-state index in [0.717, 1.165) is 0 Å². The average Bonchev–Trinajstić information content (AvgIpc) is 2.89. The molecule has 1 aliphatic rings. The zero-order valence-corrected chi connectivity index (χ0v) is 16.7. The highest BCUT2D eigenvalue weighted by Gasteiger charge is 2.29. The first-order valence-electron chi connectivity index (χ1n) is 9.57. The Morgan fingerprint density at radius 3 is 2.29 bits per heavy atom. The van der Waals surface area contributed by atoms with E-state index in [1.807, 2.05) is 0 Å². The van der Waals surface area contributed by atoms with Gasteiger partial charge in [-0.3, -0.25) is 29.8 Å². The first kappa shape index (κ1) is 21.7. The molecule has 0 N–H and O–H groups in total. The SMILES string of the molecule is CCOC(=O)CCN1CCN(c2ccc([N+](=O)[O-])cc2)c2ccc([N+](=O)[O-])cc2C1=O. The van der Waals surface area contributed by atoms with E-state index in [1.165, 1.54) is 35.2 Å². The maximum absolute atomic E-state index is 13.1. The van der Waals surface area contributed by atoms with Crippen molar-refractivity contribution in [2.45, 2.75) is 13.3 Å². The summed E-state index contributed by atoms with van der Waals surface area (Å²) in [6.07, 6.45) is 0.00136. The predicted molar refractivity (Wildman–Crippen MR) is 110 cm³/mol. The van der Waals surface area contributed by atoms with Gasteiger partial charge in [-0.1, -0.05) is 0 Å². The minimum atomic E-state index is -0.586. The van der Waals surface area contributed by atoms with Crippen molar-refractivity contribution in [2.75, 3.05) is 31.1 Å². The summed E-state index contributed by atoms with van der Waals surface area (Å²) in [5.74, 6) is -0.876. The number of benzene rings is 2. The van der Waals surface area contributed by atoms with Crippen LogP contribution in [0.25, 0.3) is 0 Å². The van der Waals surface area contributed by atoms with Gasteiger partial charge < -0.3 is 14.5 Å². The molecule has 0 spiro atoms. The zero-order valence-electron chi connectivity index (χ0n) is 16.7. The number of carbonyl (C=O) groups excluding carboxylic acids is 2. The highest BCUT2D eigenvalue weighted by Crippen LogP contribution is 2.34. The zero-order chi connectivity index (χ0) is 22.5. The highest BCUT2D eigenvalue weighted by atomic mass is 16.6. The van der Waals surface area contributed by atoms with Gasteiger partial charge in [0, 0.05) is 49.6 Å². The van der Waals surface area contributed by atoms with Crippen LogP contribution in [0.4, 0.5) is 22.7 Å². The van der Waals surface area contributed by atoms with Crippen LogP contribution in [0.3, 0.4) is 0 Å². The molecular formula is C20H20N4O7. The number of nitro groups is 2. The highest BCUT2D eigenvalue weighted by molar-refractivity contribution is 6.02. The van der Waals surface area contributed by atoms with Crippen molar-refractivity contribution in [1.29, 1.82) is 0 Å². The second-order valence-electron chi connectivity index (χ2n) is 6.73. The van der Waals surface area contributed by atoms with Crippen LogP contribution in [0.1, 0.15) is 23.7 Å². The Balaban J connectivity index is 1.97. The third-order valence-electron chi connectivity index (χ3n) is 4.86. The number of amides is 1. The Bertz CT molecular complexity index is 1020. The normalized spacial score (nSPS) is 13.4. The molecule has 0 saturated heterocycles. The van der Waals surface area contributed by atoms with Gasteiger partial charge in [0.25, 0.3) is 17.3 Å². The molecule has 0 aliphatic carbocycles. The van der Waals surface area contributed by atoms with E-state index in [4.69, 9.17) is 4.74 Å². The Morgan fingerprint density at radius 2 is 1.68 bits per heavy atom. The van der Waals surface area contributed by atoms with E-state index in [9.17, 15) is 29.8 Å². The van der Waals surface area contributed by atoms with Gasteiger partial charge in [-0.2, -0.15) is 0 Å². The van der Waals surface area contributed by atoms with Gasteiger partial charge in [-0.15, -0.1) is 0 Å². The number of esters is 1. The molecule has 0 atom stereocenters. The largest absolute Gasteiger partial charge is 0.466 e. The number of anilines is 2. The third kappa shape index (κ3) is 4.77. The van der Waals surface area contributed by atoms with E-state index < -0.39 is 21.7 Å². The summed E-state index contributed by atoms with van der Waals surface area (Å²) < 4.78 is 4.91. The van der Waals surface area contributed by atoms with E-state index >= 15 is 0 Å². The average molecular weight is 428 g/mol. The minimum Gasteiger partial charge on any atom is -0.466 e. The number of hydrogen-bond donors (Lipinski definition) is 0. The number of non-ortho nitro benzene ring substituents is 2. The van der Waals surface area contributed by atoms with Crippen LogP contribution >= 0.6 is 0 Å². The van der Waals surface area contributed by atoms with Crippen molar-refractivity contribution in [3.8, 4) is 0 Å². The van der Waals surface area contributed by atoms with Gasteiger partial charge in [0.2, 0.25) is 0 Å². The molecule has 1 amide bonds. The molecule has 1 heterocycles. The number of carbonyl (C=O) groups is 2. The quantitative estimate of drug-likeness (QED) is 0.373. The molecule has 2 aromatic rings. The molecule has 2 aromatic carbocycles. The Labute approximate surface area is 177 Å². The Hall–Kier alpha value is -4.02. The predicted octanol–water partition coefficient (Wildman–Crippen LogP) is 3.05. The molecule has 11 nitrogen and oxygen atoms in total. The molecule has 0 unspecified atom stereocenters. The number of nitro benzene ring substituents is 2. The van der Waals surface area contributed by atoms with Gasteiger partial charge in [-0.05, 0) is 25.1 Å². The van der Waals surface area contributed by atoms with Crippen LogP contribution in [-0.4, -0.2) is 52.9 Å².